The maximum absolute atomic E-state index is 12.4. The first-order valence-electron chi connectivity index (χ1n) is 25.4. The Kier molecular flexibility index (Phi) is 19.8. The molecule has 4 saturated heterocycles. The number of hydrogen-bond donors (Lipinski definition) is 16. The van der Waals surface area contributed by atoms with E-state index >= 15 is 0 Å². The molecular weight excluding hydrogens is 1270 g/mol. The topological polar surface area (TPSA) is 648 Å². The van der Waals surface area contributed by atoms with Crippen LogP contribution >= 0.6 is 31.3 Å². The van der Waals surface area contributed by atoms with Gasteiger partial charge in [0.1, 0.15) is 77.4 Å². The number of phosphoric acid groups is 4. The van der Waals surface area contributed by atoms with Crippen molar-refractivity contribution < 1.29 is 133 Å². The second-order valence-electron chi connectivity index (χ2n) is 19.6. The third-order valence-electron chi connectivity index (χ3n) is 13.6. The third-order valence-corrected chi connectivity index (χ3v) is 18.8. The zero-order valence-corrected chi connectivity index (χ0v) is 48.4. The molecule has 10 heterocycles. The summed E-state index contributed by atoms with van der Waals surface area (Å²) in [7, 11) is -21.3. The summed E-state index contributed by atoms with van der Waals surface area (Å²) in [5.74, 6) is -1.61. The van der Waals surface area contributed by atoms with Crippen LogP contribution in [0.5, 0.6) is 0 Å². The molecule has 0 saturated carbocycles. The Morgan fingerprint density at radius 2 is 1.01 bits per heavy atom. The van der Waals surface area contributed by atoms with Crippen molar-refractivity contribution in [1.29, 1.82) is 0 Å². The molecule has 4 fully saturated rings. The van der Waals surface area contributed by atoms with Crippen molar-refractivity contribution in [2.45, 2.75) is 98.4 Å². The number of aliphatic hydroxyl groups excluding tert-OH is 6. The highest BCUT2D eigenvalue weighted by Crippen LogP contribution is 2.62. The number of nitrogen functional groups attached to an aromatic ring is 3. The highest BCUT2D eigenvalue weighted by molar-refractivity contribution is 7.61. The summed E-state index contributed by atoms with van der Waals surface area (Å²) in [5.41, 5.74) is 34.8. The number of anilines is 3. The zero-order chi connectivity index (χ0) is 63.9. The second-order valence-corrected chi connectivity index (χ2v) is 25.7. The van der Waals surface area contributed by atoms with Gasteiger partial charge in [0.15, 0.2) is 66.2 Å². The molecule has 0 aromatic carbocycles. The molecule has 0 aliphatic carbocycles. The van der Waals surface area contributed by atoms with Gasteiger partial charge in [0.2, 0.25) is 5.95 Å². The molecule has 480 valence electrons. The van der Waals surface area contributed by atoms with E-state index in [9.17, 15) is 78.1 Å². The fraction of sp³-hybridized carbons (Fsp3) is 0.476. The van der Waals surface area contributed by atoms with Gasteiger partial charge < -0.3 is 104 Å². The quantitative estimate of drug-likeness (QED) is 0.0223. The summed E-state index contributed by atoms with van der Waals surface area (Å²) in [5, 5.41) is 62.4. The number of aliphatic hydroxyl groups is 6. The van der Waals surface area contributed by atoms with E-state index in [0.717, 1.165) is 0 Å². The number of pyridine rings is 2. The molecule has 4 aliphatic heterocycles. The first-order chi connectivity index (χ1) is 41.3. The van der Waals surface area contributed by atoms with Crippen molar-refractivity contribution in [1.82, 2.24) is 39.0 Å². The molecule has 4 aliphatic rings. The Morgan fingerprint density at radius 3 is 1.50 bits per heavy atom. The summed E-state index contributed by atoms with van der Waals surface area (Å²) in [6.07, 6.45) is -10.00. The minimum Gasteiger partial charge on any atom is -0.387 e. The standard InChI is InChI=1S/C21H28N8O14P2.C21H28N8O12P2/c22-16-11-18(27-21(24)26-16)29(7-25-11)20-15(33)13(31)10(42-20)6-40-45(37,38)43-44(35,36)39-5-9-12(30)14(32)19(41-9)28-3-1-2-8(4-28)17(23)34;22-11-4-14(29-9-27-15-18(23)25-8-26-20(15)29)39-12(11)6-37-42(33,34)41-43(35,36)38-7-13-16(30)17(31)21(40-13)28-3-1-2-10(5-28)19(24)32/h1-4,7,9-10,12-15,19-20,30-33H,5-6H2,(H7-,22,23,24,26,27,34,35,36,37,38);1-3,5,8-9,11-14,16-17,21,30-31H,4,6-7,22H2,(H5-,23,24,25,26,32,33,34,35,36)/p+2. The molecule has 6 aromatic heterocycles. The first-order valence-corrected chi connectivity index (χ1v) is 31.4. The lowest BCUT2D eigenvalue weighted by atomic mass is 10.1. The third kappa shape index (κ3) is 15.0. The average Bonchev–Trinajstić information content (AvgIpc) is 3.15. The number of nitrogens with zero attached hydrogens (tertiary/aromatic N) is 10. The normalized spacial score (nSPS) is 30.7. The molecule has 46 heteroatoms. The Labute approximate surface area is 492 Å². The maximum atomic E-state index is 12.4. The Balaban J connectivity index is 0.000000210. The number of imidazole rings is 2. The van der Waals surface area contributed by atoms with Crippen molar-refractivity contribution in [3.8, 4) is 0 Å². The predicted octanol–water partition coefficient (Wildman–Crippen LogP) is -5.45. The van der Waals surface area contributed by atoms with Gasteiger partial charge in [0, 0.05) is 24.6 Å². The van der Waals surface area contributed by atoms with Gasteiger partial charge in [-0.1, -0.05) is 0 Å². The number of fused-ring (bicyclic) bond motifs is 2. The van der Waals surface area contributed by atoms with E-state index in [1.807, 2.05) is 0 Å². The van der Waals surface area contributed by atoms with E-state index in [1.54, 1.807) is 4.57 Å². The highest BCUT2D eigenvalue weighted by atomic mass is 31.3. The second kappa shape index (κ2) is 26.3. The fourth-order valence-corrected chi connectivity index (χ4v) is 13.4. The molecule has 2 amide bonds. The van der Waals surface area contributed by atoms with Crippen LogP contribution in [0.3, 0.4) is 0 Å². The lowest BCUT2D eigenvalue weighted by molar-refractivity contribution is -0.766. The number of nitrogens with two attached hydrogens (primary N) is 6. The van der Waals surface area contributed by atoms with E-state index in [4.69, 9.17) is 66.9 Å². The summed E-state index contributed by atoms with van der Waals surface area (Å²) in [6.45, 7) is -3.28. The van der Waals surface area contributed by atoms with Gasteiger partial charge in [-0.3, -0.25) is 36.8 Å². The summed E-state index contributed by atoms with van der Waals surface area (Å²) < 4.78 is 105. The van der Waals surface area contributed by atoms with Crippen molar-refractivity contribution >= 4 is 83.0 Å². The van der Waals surface area contributed by atoms with E-state index in [2.05, 4.69) is 43.0 Å². The number of phosphoric ester groups is 4. The maximum Gasteiger partial charge on any atom is 0.481 e. The molecular formula is C42H58N16O26P4+2. The zero-order valence-electron chi connectivity index (χ0n) is 44.8. The van der Waals surface area contributed by atoms with E-state index < -0.39 is 162 Å². The van der Waals surface area contributed by atoms with Crippen molar-refractivity contribution in [3.05, 3.63) is 79.2 Å². The van der Waals surface area contributed by atoms with Gasteiger partial charge in [-0.2, -0.15) is 27.7 Å². The number of rotatable bonds is 22. The van der Waals surface area contributed by atoms with E-state index in [0.29, 0.717) is 11.2 Å². The van der Waals surface area contributed by atoms with Crippen LogP contribution in [0.4, 0.5) is 17.6 Å². The van der Waals surface area contributed by atoms with Crippen LogP contribution in [-0.2, 0) is 63.9 Å². The van der Waals surface area contributed by atoms with Gasteiger partial charge in [0.25, 0.3) is 24.3 Å². The van der Waals surface area contributed by atoms with Crippen LogP contribution < -0.4 is 43.5 Å². The Morgan fingerprint density at radius 1 is 0.568 bits per heavy atom. The lowest BCUT2D eigenvalue weighted by Gasteiger charge is -2.20. The minimum absolute atomic E-state index is 0.0559. The molecule has 88 heavy (non-hydrogen) atoms. The smallest absolute Gasteiger partial charge is 0.387 e. The van der Waals surface area contributed by atoms with Crippen LogP contribution in [0, 0.1) is 0 Å². The monoisotopic (exact) mass is 1330 g/mol. The molecule has 6 aromatic rings. The van der Waals surface area contributed by atoms with Gasteiger partial charge in [-0.05, 0) is 12.1 Å². The largest absolute Gasteiger partial charge is 0.481 e. The van der Waals surface area contributed by atoms with Gasteiger partial charge >= 0.3 is 31.3 Å². The number of primary amides is 2. The van der Waals surface area contributed by atoms with Gasteiger partial charge in [0.05, 0.1) is 45.2 Å². The summed E-state index contributed by atoms with van der Waals surface area (Å²) in [4.78, 5) is 87.0. The van der Waals surface area contributed by atoms with Crippen LogP contribution in [0.1, 0.15) is 52.0 Å². The lowest BCUT2D eigenvalue weighted by Crippen LogP contribution is -2.46. The number of ether oxygens (including phenoxy) is 4. The summed E-state index contributed by atoms with van der Waals surface area (Å²) in [6, 6.07) is 5.02. The number of carbonyl (C=O) groups excluding carboxylic acids is 2. The van der Waals surface area contributed by atoms with E-state index in [-0.39, 0.29) is 46.3 Å². The summed E-state index contributed by atoms with van der Waals surface area (Å²) >= 11 is 0. The van der Waals surface area contributed by atoms with Gasteiger partial charge in [-0.15, -0.1) is 0 Å². The molecule has 0 bridgehead atoms. The van der Waals surface area contributed by atoms with Crippen molar-refractivity contribution in [3.63, 3.8) is 0 Å². The van der Waals surface area contributed by atoms with Crippen molar-refractivity contribution in [2.24, 2.45) is 17.2 Å². The molecule has 22 N–H and O–H groups in total. The SMILES string of the molecule is NC(=O)c1ccc[n+](C2OC(COP(=O)(O)OP(=O)(O)OCC3OC(n4cnc5c(N)nc(N)nc54)C(O)C3O)C(O)C2O)c1.NC(=O)c1ccc[n+](C2OC(COP(=O)(O)OP(=O)(O)OCC3OC(n4cnc5c(N)ncnc54)CC3N)C(O)C2O)c1. The van der Waals surface area contributed by atoms with Crippen molar-refractivity contribution in [2.75, 3.05) is 43.6 Å². The molecule has 19 unspecified atom stereocenters. The molecule has 10 rings (SSSR count). The van der Waals surface area contributed by atoms with Crippen LogP contribution in [-0.4, -0.2) is 195 Å². The van der Waals surface area contributed by atoms with Gasteiger partial charge in [-0.25, -0.2) is 38.2 Å². The van der Waals surface area contributed by atoms with Crippen LogP contribution in [0.15, 0.2) is 68.0 Å². The first kappa shape index (κ1) is 66.2. The average molecular weight is 1330 g/mol. The number of carbonyl (C=O) groups is 2. The Hall–Kier alpha value is -6.18. The van der Waals surface area contributed by atoms with E-state index in [1.165, 1.54) is 81.7 Å². The van der Waals surface area contributed by atoms with Crippen LogP contribution in [0.2, 0.25) is 0 Å². The predicted molar refractivity (Wildman–Crippen MR) is 284 cm³/mol. The number of amides is 2. The molecule has 42 nitrogen and oxygen atoms in total. The minimum atomic E-state index is -5.39. The molecule has 19 atom stereocenters. The molecule has 0 spiro atoms. The molecule has 0 radical (unpaired) electrons. The fourth-order valence-electron chi connectivity index (χ4n) is 9.25. The highest BCUT2D eigenvalue weighted by Gasteiger charge is 2.52. The van der Waals surface area contributed by atoms with Crippen LogP contribution in [0.25, 0.3) is 22.3 Å². The number of hydrogen-bond acceptors (Lipinski definition) is 32. The number of aromatic nitrogens is 10. The Bertz CT molecular complexity index is 3750.